The molecule has 24 heavy (non-hydrogen) atoms. The molecule has 0 fully saturated rings. The third-order valence-electron chi connectivity index (χ3n) is 4.01. The molecular weight excluding hydrogens is 368 g/mol. The summed E-state index contributed by atoms with van der Waals surface area (Å²) in [4.78, 5) is 13.9. The lowest BCUT2D eigenvalue weighted by Gasteiger charge is -2.32. The van der Waals surface area contributed by atoms with Gasteiger partial charge in [-0.1, -0.05) is 66.2 Å². The maximum Gasteiger partial charge on any atom is 0.300 e. The van der Waals surface area contributed by atoms with Crippen LogP contribution in [0.25, 0.3) is 0 Å². The molecule has 0 amide bonds. The molecule has 0 radical (unpaired) electrons. The van der Waals surface area contributed by atoms with Crippen LogP contribution >= 0.6 is 15.9 Å². The van der Waals surface area contributed by atoms with Crippen LogP contribution in [0.4, 0.5) is 0 Å². The molecule has 0 aliphatic carbocycles. The Kier molecular flexibility index (Phi) is 5.44. The number of fused-ring (bicyclic) bond motifs is 1. The molecule has 1 unspecified atom stereocenters. The summed E-state index contributed by atoms with van der Waals surface area (Å²) in [6.07, 6.45) is 0. The minimum Gasteiger partial charge on any atom is -0.481 e. The van der Waals surface area contributed by atoms with E-state index in [2.05, 4.69) is 66.2 Å². The van der Waals surface area contributed by atoms with Crippen molar-refractivity contribution in [3.8, 4) is 0 Å². The number of nitrogens with zero attached hydrogens (tertiary/aromatic N) is 1. The van der Waals surface area contributed by atoms with E-state index >= 15 is 0 Å². The monoisotopic (exact) mass is 388 g/mol. The van der Waals surface area contributed by atoms with Crippen LogP contribution in [0.15, 0.2) is 58.0 Å². The second-order valence-corrected chi connectivity index (χ2v) is 6.91. The number of carbonyl (C=O) groups is 1. The van der Waals surface area contributed by atoms with Gasteiger partial charge in [0.05, 0.1) is 0 Å². The molecule has 0 bridgehead atoms. The maximum atomic E-state index is 9.00. The quantitative estimate of drug-likeness (QED) is 0.810. The van der Waals surface area contributed by atoms with E-state index in [-0.39, 0.29) is 5.54 Å². The van der Waals surface area contributed by atoms with Gasteiger partial charge in [0.25, 0.3) is 5.97 Å². The lowest BCUT2D eigenvalue weighted by atomic mass is 9.75. The molecule has 0 spiro atoms. The lowest BCUT2D eigenvalue weighted by Crippen LogP contribution is -2.30. The highest BCUT2D eigenvalue weighted by Gasteiger charge is 2.43. The van der Waals surface area contributed by atoms with Crippen molar-refractivity contribution < 1.29 is 9.90 Å². The highest BCUT2D eigenvalue weighted by atomic mass is 79.9. The molecule has 2 aromatic rings. The van der Waals surface area contributed by atoms with Crippen molar-refractivity contribution >= 4 is 27.7 Å². The molecule has 0 saturated carbocycles. The normalized spacial score (nSPS) is 18.5. The molecule has 0 aromatic heterocycles. The summed E-state index contributed by atoms with van der Waals surface area (Å²) in [7, 11) is 0. The highest BCUT2D eigenvalue weighted by Crippen LogP contribution is 2.46. The Morgan fingerprint density at radius 3 is 2.42 bits per heavy atom. The summed E-state index contributed by atoms with van der Waals surface area (Å²) >= 11 is 3.56. The molecule has 2 aromatic carbocycles. The third kappa shape index (κ3) is 3.36. The number of aliphatic imine (C=N–C) groups is 1. The summed E-state index contributed by atoms with van der Waals surface area (Å²) in [6.45, 7) is 5.47. The Balaban J connectivity index is 0.000000471. The Hall–Kier alpha value is -2.14. The number of carboxylic acid groups (broad SMARTS) is 1. The van der Waals surface area contributed by atoms with Crippen LogP contribution in [-0.2, 0) is 10.3 Å². The maximum absolute atomic E-state index is 9.00. The van der Waals surface area contributed by atoms with Crippen LogP contribution in [0, 0.1) is 5.92 Å². The van der Waals surface area contributed by atoms with E-state index in [1.165, 1.54) is 11.1 Å². The highest BCUT2D eigenvalue weighted by molar-refractivity contribution is 9.10. The fourth-order valence-corrected chi connectivity index (χ4v) is 3.47. The van der Waals surface area contributed by atoms with Gasteiger partial charge in [0.15, 0.2) is 0 Å². The van der Waals surface area contributed by atoms with E-state index in [1.807, 2.05) is 12.1 Å². The van der Waals surface area contributed by atoms with Crippen molar-refractivity contribution in [1.29, 1.82) is 0 Å². The first kappa shape index (κ1) is 18.2. The Morgan fingerprint density at radius 1 is 1.21 bits per heavy atom. The zero-order valence-corrected chi connectivity index (χ0v) is 15.5. The standard InChI is InChI=1S/C17H17BrN2.C2H4O2/c1-11(2)17(12-6-5-7-13(18)10-12)15-9-4-3-8-14(15)16(19)20-17;1-2(3)4/h3-11H,1-2H3,(H2,19,20);1H3,(H,3,4). The second kappa shape index (κ2) is 7.18. The number of hydrogen-bond donors (Lipinski definition) is 2. The number of carboxylic acids is 1. The van der Waals surface area contributed by atoms with Crippen LogP contribution < -0.4 is 5.73 Å². The summed E-state index contributed by atoms with van der Waals surface area (Å²) in [5, 5.41) is 7.42. The number of aliphatic carboxylic acids is 1. The smallest absolute Gasteiger partial charge is 0.300 e. The molecule has 3 rings (SSSR count). The summed E-state index contributed by atoms with van der Waals surface area (Å²) in [5.41, 5.74) is 9.22. The molecule has 126 valence electrons. The molecule has 5 heteroatoms. The molecule has 1 aliphatic rings. The van der Waals surface area contributed by atoms with E-state index in [4.69, 9.17) is 20.6 Å². The Labute approximate surface area is 150 Å². The van der Waals surface area contributed by atoms with Gasteiger partial charge in [-0.3, -0.25) is 9.79 Å². The number of amidine groups is 1. The van der Waals surface area contributed by atoms with Crippen molar-refractivity contribution in [3.63, 3.8) is 0 Å². The first-order valence-corrected chi connectivity index (χ1v) is 8.49. The van der Waals surface area contributed by atoms with Crippen molar-refractivity contribution in [1.82, 2.24) is 0 Å². The average molecular weight is 389 g/mol. The predicted molar refractivity (Wildman–Crippen MR) is 100 cm³/mol. The van der Waals surface area contributed by atoms with Crippen LogP contribution in [-0.4, -0.2) is 16.9 Å². The van der Waals surface area contributed by atoms with Crippen LogP contribution in [0.2, 0.25) is 0 Å². The summed E-state index contributed by atoms with van der Waals surface area (Å²) < 4.78 is 1.06. The number of halogens is 1. The minimum atomic E-state index is -0.833. The topological polar surface area (TPSA) is 75.7 Å². The number of benzene rings is 2. The first-order valence-electron chi connectivity index (χ1n) is 7.69. The van der Waals surface area contributed by atoms with E-state index in [0.717, 1.165) is 17.0 Å². The van der Waals surface area contributed by atoms with Gasteiger partial charge in [-0.25, -0.2) is 0 Å². The van der Waals surface area contributed by atoms with Gasteiger partial charge >= 0.3 is 0 Å². The third-order valence-corrected chi connectivity index (χ3v) is 4.50. The van der Waals surface area contributed by atoms with E-state index in [1.54, 1.807) is 0 Å². The van der Waals surface area contributed by atoms with E-state index in [9.17, 15) is 0 Å². The van der Waals surface area contributed by atoms with Crippen molar-refractivity contribution in [2.75, 3.05) is 0 Å². The number of hydrogen-bond acceptors (Lipinski definition) is 3. The first-order chi connectivity index (χ1) is 11.3. The van der Waals surface area contributed by atoms with Gasteiger partial charge in [0, 0.05) is 17.0 Å². The van der Waals surface area contributed by atoms with Gasteiger partial charge in [-0.2, -0.15) is 0 Å². The van der Waals surface area contributed by atoms with Gasteiger partial charge in [0.2, 0.25) is 0 Å². The lowest BCUT2D eigenvalue weighted by molar-refractivity contribution is -0.134. The fourth-order valence-electron chi connectivity index (χ4n) is 3.07. The molecule has 0 saturated heterocycles. The number of nitrogens with two attached hydrogens (primary N) is 1. The fraction of sp³-hybridized carbons (Fsp3) is 0.263. The van der Waals surface area contributed by atoms with Crippen LogP contribution in [0.5, 0.6) is 0 Å². The van der Waals surface area contributed by atoms with Gasteiger partial charge in [-0.15, -0.1) is 0 Å². The van der Waals surface area contributed by atoms with Crippen LogP contribution in [0.1, 0.15) is 37.5 Å². The molecule has 1 aliphatic heterocycles. The van der Waals surface area contributed by atoms with Gasteiger partial charge in [-0.05, 0) is 29.2 Å². The predicted octanol–water partition coefficient (Wildman–Crippen LogP) is 4.16. The number of rotatable bonds is 2. The van der Waals surface area contributed by atoms with Crippen LogP contribution in [0.3, 0.4) is 0 Å². The average Bonchev–Trinajstić information content (AvgIpc) is 2.82. The molecule has 1 atom stereocenters. The summed E-state index contributed by atoms with van der Waals surface area (Å²) in [6, 6.07) is 16.6. The van der Waals surface area contributed by atoms with Crippen molar-refractivity contribution in [2.24, 2.45) is 16.6 Å². The van der Waals surface area contributed by atoms with Crippen molar-refractivity contribution in [3.05, 3.63) is 69.7 Å². The Morgan fingerprint density at radius 2 is 1.83 bits per heavy atom. The van der Waals surface area contributed by atoms with Gasteiger partial charge in [0.1, 0.15) is 11.4 Å². The van der Waals surface area contributed by atoms with E-state index < -0.39 is 5.97 Å². The van der Waals surface area contributed by atoms with Gasteiger partial charge < -0.3 is 10.8 Å². The molecule has 3 N–H and O–H groups in total. The Bertz CT molecular complexity index is 782. The second-order valence-electron chi connectivity index (χ2n) is 5.99. The SMILES string of the molecule is CC(=O)O.CC(C)C1(c2cccc(Br)c2)N=C(N)c2ccccc21. The van der Waals surface area contributed by atoms with E-state index in [0.29, 0.717) is 11.8 Å². The molecule has 1 heterocycles. The summed E-state index contributed by atoms with van der Waals surface area (Å²) in [5.74, 6) is 0.119. The molecule has 4 nitrogen and oxygen atoms in total. The zero-order chi connectivity index (χ0) is 17.9. The largest absolute Gasteiger partial charge is 0.481 e. The zero-order valence-electron chi connectivity index (χ0n) is 14.0. The molecular formula is C19H21BrN2O2. The minimum absolute atomic E-state index is 0.319. The van der Waals surface area contributed by atoms with Crippen molar-refractivity contribution in [2.45, 2.75) is 26.3 Å².